The molecule has 11 heavy (non-hydrogen) atoms. The fourth-order valence-electron chi connectivity index (χ4n) is 0.707. The molecule has 0 aliphatic heterocycles. The van der Waals surface area contributed by atoms with Crippen LogP contribution in [0.15, 0.2) is 12.1 Å². The van der Waals surface area contributed by atoms with Gasteiger partial charge in [-0.25, -0.2) is 4.39 Å². The molecule has 0 aliphatic rings. The van der Waals surface area contributed by atoms with Crippen molar-refractivity contribution in [2.75, 3.05) is 0 Å². The zero-order valence-electron chi connectivity index (χ0n) is 5.37. The minimum absolute atomic E-state index is 0.163. The number of benzene rings is 1. The van der Waals surface area contributed by atoms with Gasteiger partial charge in [0.2, 0.25) is 0 Å². The molecule has 0 fully saturated rings. The van der Waals surface area contributed by atoms with Crippen LogP contribution < -0.4 is 0 Å². The predicted octanol–water partition coefficient (Wildman–Crippen LogP) is 3.87. The summed E-state index contributed by atoms with van der Waals surface area (Å²) < 4.78 is 12.6. The van der Waals surface area contributed by atoms with Crippen molar-refractivity contribution in [3.05, 3.63) is 33.6 Å². The number of hydrogen-bond acceptors (Lipinski definition) is 0. The van der Waals surface area contributed by atoms with Crippen LogP contribution in [-0.4, -0.2) is 0 Å². The fourth-order valence-corrected chi connectivity index (χ4v) is 1.39. The van der Waals surface area contributed by atoms with Crippen molar-refractivity contribution in [1.29, 1.82) is 0 Å². The van der Waals surface area contributed by atoms with Crippen molar-refractivity contribution in [2.45, 2.75) is 5.88 Å². The Morgan fingerprint density at radius 3 is 2.45 bits per heavy atom. The molecule has 1 rings (SSSR count). The third kappa shape index (κ3) is 1.98. The number of rotatable bonds is 1. The van der Waals surface area contributed by atoms with Crippen molar-refractivity contribution < 1.29 is 4.39 Å². The summed E-state index contributed by atoms with van der Waals surface area (Å²) in [5, 5.41) is 0.519. The predicted molar refractivity (Wildman–Crippen MR) is 46.0 cm³/mol. The zero-order valence-corrected chi connectivity index (χ0v) is 7.64. The first-order valence-electron chi connectivity index (χ1n) is 2.84. The Kier molecular flexibility index (Phi) is 2.99. The van der Waals surface area contributed by atoms with Gasteiger partial charge in [0, 0.05) is 5.88 Å². The molecule has 0 amide bonds. The molecule has 0 saturated heterocycles. The molecule has 0 aliphatic carbocycles. The van der Waals surface area contributed by atoms with Crippen molar-refractivity contribution in [3.63, 3.8) is 0 Å². The monoisotopic (exact) mass is 212 g/mol. The van der Waals surface area contributed by atoms with E-state index in [0.29, 0.717) is 10.6 Å². The molecule has 1 aromatic rings. The quantitative estimate of drug-likeness (QED) is 0.491. The largest absolute Gasteiger partial charge is 0.207 e. The smallest absolute Gasteiger partial charge is 0.125 e. The Labute approximate surface area is 78.9 Å². The second kappa shape index (κ2) is 3.61. The van der Waals surface area contributed by atoms with Crippen molar-refractivity contribution in [3.8, 4) is 0 Å². The summed E-state index contributed by atoms with van der Waals surface area (Å²) in [6.45, 7) is 0. The minimum Gasteiger partial charge on any atom is -0.207 e. The van der Waals surface area contributed by atoms with E-state index in [9.17, 15) is 4.39 Å². The fraction of sp³-hybridized carbons (Fsp3) is 0.143. The molecule has 0 nitrogen and oxygen atoms in total. The van der Waals surface area contributed by atoms with E-state index in [4.69, 9.17) is 34.8 Å². The average Bonchev–Trinajstić information content (AvgIpc) is 1.96. The second-order valence-corrected chi connectivity index (χ2v) is 3.05. The van der Waals surface area contributed by atoms with Gasteiger partial charge in [0.05, 0.1) is 10.0 Å². The van der Waals surface area contributed by atoms with Crippen LogP contribution in [0.2, 0.25) is 10.0 Å². The number of hydrogen-bond donors (Lipinski definition) is 0. The average molecular weight is 213 g/mol. The molecule has 1 aromatic carbocycles. The van der Waals surface area contributed by atoms with Crippen molar-refractivity contribution in [2.24, 2.45) is 0 Å². The van der Waals surface area contributed by atoms with Gasteiger partial charge in [0.15, 0.2) is 0 Å². The number of alkyl halides is 1. The highest BCUT2D eigenvalue weighted by molar-refractivity contribution is 6.42. The van der Waals surface area contributed by atoms with E-state index in [0.717, 1.165) is 6.07 Å². The first kappa shape index (κ1) is 9.11. The normalized spacial score (nSPS) is 10.2. The second-order valence-electron chi connectivity index (χ2n) is 1.99. The van der Waals surface area contributed by atoms with Gasteiger partial charge in [0.25, 0.3) is 0 Å². The number of halogens is 4. The molecule has 0 N–H and O–H groups in total. The maximum absolute atomic E-state index is 12.6. The van der Waals surface area contributed by atoms with Gasteiger partial charge in [-0.3, -0.25) is 0 Å². The SMILES string of the molecule is Fc1cc(Cl)c(Cl)c(CCl)c1. The van der Waals surface area contributed by atoms with Crippen LogP contribution in [0.4, 0.5) is 4.39 Å². The van der Waals surface area contributed by atoms with Crippen LogP contribution in [-0.2, 0) is 5.88 Å². The van der Waals surface area contributed by atoms with Gasteiger partial charge in [-0.05, 0) is 17.7 Å². The summed E-state index contributed by atoms with van der Waals surface area (Å²) in [6, 6.07) is 2.42. The molecule has 0 aromatic heterocycles. The molecule has 0 heterocycles. The van der Waals surface area contributed by atoms with E-state index in [-0.39, 0.29) is 10.9 Å². The molecule has 4 heteroatoms. The third-order valence-electron chi connectivity index (χ3n) is 1.21. The van der Waals surface area contributed by atoms with Crippen LogP contribution >= 0.6 is 34.8 Å². The Morgan fingerprint density at radius 2 is 1.91 bits per heavy atom. The third-order valence-corrected chi connectivity index (χ3v) is 2.34. The molecule has 60 valence electrons. The highest BCUT2D eigenvalue weighted by atomic mass is 35.5. The van der Waals surface area contributed by atoms with Crippen LogP contribution in [0.5, 0.6) is 0 Å². The molecule has 0 bridgehead atoms. The molecule has 0 spiro atoms. The summed E-state index contributed by atoms with van der Waals surface area (Å²) >= 11 is 16.7. The van der Waals surface area contributed by atoms with Gasteiger partial charge < -0.3 is 0 Å². The lowest BCUT2D eigenvalue weighted by Crippen LogP contribution is -1.84. The first-order chi connectivity index (χ1) is 5.15. The molecule has 0 unspecified atom stereocenters. The van der Waals surface area contributed by atoms with Crippen LogP contribution in [0.25, 0.3) is 0 Å². The van der Waals surface area contributed by atoms with Gasteiger partial charge in [-0.2, -0.15) is 0 Å². The van der Waals surface area contributed by atoms with Gasteiger partial charge in [0.1, 0.15) is 5.82 Å². The highest BCUT2D eigenvalue weighted by Gasteiger charge is 2.05. The minimum atomic E-state index is -0.421. The summed E-state index contributed by atoms with van der Waals surface area (Å²) in [5.74, 6) is -0.258. The standard InChI is InChI=1S/C7H4Cl3F/c8-3-4-1-5(11)2-6(9)7(4)10/h1-2H,3H2. The summed E-state index contributed by atoms with van der Waals surface area (Å²) in [4.78, 5) is 0. The van der Waals surface area contributed by atoms with Crippen LogP contribution in [0.1, 0.15) is 5.56 Å². The van der Waals surface area contributed by atoms with Gasteiger partial charge >= 0.3 is 0 Å². The summed E-state index contributed by atoms with van der Waals surface area (Å²) in [7, 11) is 0. The topological polar surface area (TPSA) is 0 Å². The van der Waals surface area contributed by atoms with Crippen molar-refractivity contribution >= 4 is 34.8 Å². The van der Waals surface area contributed by atoms with E-state index in [2.05, 4.69) is 0 Å². The van der Waals surface area contributed by atoms with E-state index < -0.39 is 5.82 Å². The van der Waals surface area contributed by atoms with E-state index >= 15 is 0 Å². The van der Waals surface area contributed by atoms with Crippen LogP contribution in [0.3, 0.4) is 0 Å². The molecule has 0 atom stereocenters. The Morgan fingerprint density at radius 1 is 1.27 bits per heavy atom. The van der Waals surface area contributed by atoms with E-state index in [1.807, 2.05) is 0 Å². The van der Waals surface area contributed by atoms with Crippen molar-refractivity contribution in [1.82, 2.24) is 0 Å². The van der Waals surface area contributed by atoms with Gasteiger partial charge in [-0.1, -0.05) is 23.2 Å². The first-order valence-corrected chi connectivity index (χ1v) is 4.13. The van der Waals surface area contributed by atoms with E-state index in [1.54, 1.807) is 0 Å². The Balaban J connectivity index is 3.24. The maximum Gasteiger partial charge on any atom is 0.125 e. The van der Waals surface area contributed by atoms with Crippen LogP contribution in [0, 0.1) is 5.82 Å². The van der Waals surface area contributed by atoms with E-state index in [1.165, 1.54) is 6.07 Å². The molecular formula is C7H4Cl3F. The molecular weight excluding hydrogens is 209 g/mol. The molecule has 0 saturated carbocycles. The zero-order chi connectivity index (χ0) is 8.43. The summed E-state index contributed by atoms with van der Waals surface area (Å²) in [6.07, 6.45) is 0. The highest BCUT2D eigenvalue weighted by Crippen LogP contribution is 2.27. The lowest BCUT2D eigenvalue weighted by Gasteiger charge is -2.01. The lowest BCUT2D eigenvalue weighted by molar-refractivity contribution is 0.626. The Hall–Kier alpha value is 0.0200. The molecule has 0 radical (unpaired) electrons. The van der Waals surface area contributed by atoms with Gasteiger partial charge in [-0.15, -0.1) is 11.6 Å². The lowest BCUT2D eigenvalue weighted by atomic mass is 10.2. The Bertz CT molecular complexity index is 273. The summed E-state index contributed by atoms with van der Waals surface area (Å²) in [5.41, 5.74) is 0.512. The maximum atomic E-state index is 12.6.